The summed E-state index contributed by atoms with van der Waals surface area (Å²) in [6.07, 6.45) is 1.60. The average molecular weight is 483 g/mol. The Balaban J connectivity index is 1.61. The number of anilines is 1. The Morgan fingerprint density at radius 1 is 0.853 bits per heavy atom. The van der Waals surface area contributed by atoms with Gasteiger partial charge in [-0.25, -0.2) is 13.1 Å². The average Bonchev–Trinajstić information content (AvgIpc) is 3.67. The van der Waals surface area contributed by atoms with Crippen molar-refractivity contribution in [3.8, 4) is 28.4 Å². The molecule has 1 fully saturated rings. The molecular weight excluding hydrogens is 456 g/mol. The molecule has 0 unspecified atom stereocenters. The lowest BCUT2D eigenvalue weighted by Crippen LogP contribution is -2.26. The molecule has 0 aliphatic heterocycles. The van der Waals surface area contributed by atoms with Crippen LogP contribution in [0.15, 0.2) is 65.6 Å². The molecule has 1 amide bonds. The molecule has 8 nitrogen and oxygen atoms in total. The summed E-state index contributed by atoms with van der Waals surface area (Å²) >= 11 is 0. The summed E-state index contributed by atoms with van der Waals surface area (Å²) in [6.45, 7) is 0. The van der Waals surface area contributed by atoms with Gasteiger partial charge < -0.3 is 19.5 Å². The zero-order chi connectivity index (χ0) is 24.3. The molecule has 0 saturated heterocycles. The molecule has 0 atom stereocenters. The second-order valence-electron chi connectivity index (χ2n) is 7.86. The summed E-state index contributed by atoms with van der Waals surface area (Å²) in [5.74, 6) is 1.10. The molecule has 4 rings (SSSR count). The Morgan fingerprint density at radius 2 is 1.53 bits per heavy atom. The van der Waals surface area contributed by atoms with Crippen molar-refractivity contribution in [2.45, 2.75) is 23.8 Å². The standard InChI is InChI=1S/C25H26N2O6S/c1-31-20-10-4-16(5-11-20)21-15-19(9-13-22(21)32-2)26-25(28)17-6-12-23(33-3)24(14-17)34(29,30)27-18-7-8-18/h4-6,9-15,18,27H,7-8H2,1-3H3,(H,26,28). The first kappa shape index (κ1) is 23.6. The zero-order valence-electron chi connectivity index (χ0n) is 19.1. The number of nitrogens with one attached hydrogen (secondary N) is 2. The van der Waals surface area contributed by atoms with Crippen molar-refractivity contribution in [3.63, 3.8) is 0 Å². The van der Waals surface area contributed by atoms with Gasteiger partial charge in [0.1, 0.15) is 22.1 Å². The molecule has 1 saturated carbocycles. The molecule has 0 heterocycles. The van der Waals surface area contributed by atoms with Crippen LogP contribution in [-0.4, -0.2) is 41.7 Å². The molecule has 178 valence electrons. The first-order valence-corrected chi connectivity index (χ1v) is 12.2. The molecule has 1 aliphatic rings. The van der Waals surface area contributed by atoms with Crippen LogP contribution in [0.4, 0.5) is 5.69 Å². The number of rotatable bonds is 9. The van der Waals surface area contributed by atoms with Gasteiger partial charge in [-0.3, -0.25) is 4.79 Å². The number of benzene rings is 3. The number of hydrogen-bond donors (Lipinski definition) is 2. The van der Waals surface area contributed by atoms with Crippen LogP contribution in [0, 0.1) is 0 Å². The second-order valence-corrected chi connectivity index (χ2v) is 9.54. The predicted octanol–water partition coefficient (Wildman–Crippen LogP) is 4.07. The van der Waals surface area contributed by atoms with Crippen LogP contribution in [0.25, 0.3) is 11.1 Å². The maximum absolute atomic E-state index is 13.0. The quantitative estimate of drug-likeness (QED) is 0.477. The normalized spacial score (nSPS) is 13.3. The lowest BCUT2D eigenvalue weighted by Gasteiger charge is -2.14. The van der Waals surface area contributed by atoms with E-state index in [-0.39, 0.29) is 22.3 Å². The third-order valence-corrected chi connectivity index (χ3v) is 7.01. The second kappa shape index (κ2) is 9.74. The highest BCUT2D eigenvalue weighted by Gasteiger charge is 2.30. The first-order valence-electron chi connectivity index (χ1n) is 10.7. The molecule has 2 N–H and O–H groups in total. The summed E-state index contributed by atoms with van der Waals surface area (Å²) < 4.78 is 44.1. The molecule has 0 spiro atoms. The molecule has 34 heavy (non-hydrogen) atoms. The SMILES string of the molecule is COc1ccc(-c2cc(NC(=O)c3ccc(OC)c(S(=O)(=O)NC4CC4)c3)ccc2OC)cc1. The highest BCUT2D eigenvalue weighted by Crippen LogP contribution is 2.34. The first-order chi connectivity index (χ1) is 16.3. The van der Waals surface area contributed by atoms with Crippen molar-refractivity contribution in [1.29, 1.82) is 0 Å². The highest BCUT2D eigenvalue weighted by atomic mass is 32.2. The van der Waals surface area contributed by atoms with Gasteiger partial charge in [0.05, 0.1) is 21.3 Å². The molecule has 3 aromatic rings. The summed E-state index contributed by atoms with van der Waals surface area (Å²) in [5, 5.41) is 2.84. The third kappa shape index (κ3) is 5.16. The molecule has 3 aromatic carbocycles. The third-order valence-electron chi connectivity index (χ3n) is 5.47. The number of hydrogen-bond acceptors (Lipinski definition) is 6. The van der Waals surface area contributed by atoms with E-state index in [4.69, 9.17) is 14.2 Å². The van der Waals surface area contributed by atoms with Gasteiger partial charge in [0.2, 0.25) is 10.0 Å². The minimum absolute atomic E-state index is 0.0665. The fourth-order valence-corrected chi connectivity index (χ4v) is 5.00. The summed E-state index contributed by atoms with van der Waals surface area (Å²) in [4.78, 5) is 12.9. The van der Waals surface area contributed by atoms with E-state index < -0.39 is 15.9 Å². The fraction of sp³-hybridized carbons (Fsp3) is 0.240. The van der Waals surface area contributed by atoms with Crippen LogP contribution in [-0.2, 0) is 10.0 Å². The molecule has 9 heteroatoms. The Morgan fingerprint density at radius 3 is 2.15 bits per heavy atom. The number of methoxy groups -OCH3 is 3. The highest BCUT2D eigenvalue weighted by molar-refractivity contribution is 7.89. The van der Waals surface area contributed by atoms with Gasteiger partial charge in [0, 0.05) is 22.9 Å². The maximum atomic E-state index is 13.0. The minimum atomic E-state index is -3.81. The van der Waals surface area contributed by atoms with Crippen molar-refractivity contribution in [2.24, 2.45) is 0 Å². The van der Waals surface area contributed by atoms with Crippen LogP contribution >= 0.6 is 0 Å². The number of amides is 1. The Hall–Kier alpha value is -3.56. The molecule has 0 radical (unpaired) electrons. The smallest absolute Gasteiger partial charge is 0.255 e. The van der Waals surface area contributed by atoms with Gasteiger partial charge in [-0.1, -0.05) is 12.1 Å². The molecule has 0 bridgehead atoms. The molecule has 1 aliphatic carbocycles. The number of carbonyl (C=O) groups is 1. The lowest BCUT2D eigenvalue weighted by molar-refractivity contribution is 0.102. The van der Waals surface area contributed by atoms with Crippen molar-refractivity contribution in [3.05, 3.63) is 66.2 Å². The van der Waals surface area contributed by atoms with Gasteiger partial charge in [-0.15, -0.1) is 0 Å². The lowest BCUT2D eigenvalue weighted by atomic mass is 10.0. The Kier molecular flexibility index (Phi) is 6.76. The van der Waals surface area contributed by atoms with Crippen LogP contribution in [0.5, 0.6) is 17.2 Å². The van der Waals surface area contributed by atoms with Gasteiger partial charge >= 0.3 is 0 Å². The van der Waals surface area contributed by atoms with Crippen molar-refractivity contribution >= 4 is 21.6 Å². The van der Waals surface area contributed by atoms with Crippen LogP contribution < -0.4 is 24.2 Å². The number of sulfonamides is 1. The van der Waals surface area contributed by atoms with Crippen LogP contribution in [0.1, 0.15) is 23.2 Å². The van der Waals surface area contributed by atoms with E-state index in [1.165, 1.54) is 25.3 Å². The monoisotopic (exact) mass is 482 g/mol. The van der Waals surface area contributed by atoms with E-state index in [0.29, 0.717) is 11.4 Å². The van der Waals surface area contributed by atoms with Gasteiger partial charge in [0.25, 0.3) is 5.91 Å². The zero-order valence-corrected chi connectivity index (χ0v) is 19.9. The van der Waals surface area contributed by atoms with E-state index in [0.717, 1.165) is 29.7 Å². The van der Waals surface area contributed by atoms with E-state index >= 15 is 0 Å². The van der Waals surface area contributed by atoms with Crippen molar-refractivity contribution < 1.29 is 27.4 Å². The summed E-state index contributed by atoms with van der Waals surface area (Å²) in [5.41, 5.74) is 2.40. The van der Waals surface area contributed by atoms with Crippen LogP contribution in [0.2, 0.25) is 0 Å². The van der Waals surface area contributed by atoms with E-state index in [2.05, 4.69) is 10.0 Å². The fourth-order valence-electron chi connectivity index (χ4n) is 3.50. The number of carbonyl (C=O) groups excluding carboxylic acids is 1. The van der Waals surface area contributed by atoms with Gasteiger partial charge in [-0.2, -0.15) is 0 Å². The van der Waals surface area contributed by atoms with Crippen molar-refractivity contribution in [1.82, 2.24) is 4.72 Å². The summed E-state index contributed by atoms with van der Waals surface area (Å²) in [6, 6.07) is 17.0. The Bertz CT molecular complexity index is 1300. The topological polar surface area (TPSA) is 103 Å². The van der Waals surface area contributed by atoms with E-state index in [1.54, 1.807) is 32.4 Å². The summed E-state index contributed by atoms with van der Waals surface area (Å²) in [7, 11) is 0.764. The molecular formula is C25H26N2O6S. The largest absolute Gasteiger partial charge is 0.497 e. The maximum Gasteiger partial charge on any atom is 0.255 e. The minimum Gasteiger partial charge on any atom is -0.497 e. The van der Waals surface area contributed by atoms with Gasteiger partial charge in [-0.05, 0) is 66.9 Å². The number of ether oxygens (including phenoxy) is 3. The van der Waals surface area contributed by atoms with Crippen LogP contribution in [0.3, 0.4) is 0 Å². The van der Waals surface area contributed by atoms with E-state index in [1.807, 2.05) is 24.3 Å². The molecule has 0 aromatic heterocycles. The van der Waals surface area contributed by atoms with Gasteiger partial charge in [0.15, 0.2) is 0 Å². The van der Waals surface area contributed by atoms with E-state index in [9.17, 15) is 13.2 Å². The Labute approximate surface area is 198 Å². The van der Waals surface area contributed by atoms with Crippen molar-refractivity contribution in [2.75, 3.05) is 26.6 Å². The predicted molar refractivity (Wildman–Crippen MR) is 129 cm³/mol.